The van der Waals surface area contributed by atoms with Crippen LogP contribution in [0.25, 0.3) is 0 Å². The highest BCUT2D eigenvalue weighted by Gasteiger charge is 2.31. The van der Waals surface area contributed by atoms with Crippen LogP contribution in [-0.4, -0.2) is 32.8 Å². The number of alkyl halides is 1. The summed E-state index contributed by atoms with van der Waals surface area (Å²) in [5, 5.41) is 0. The predicted molar refractivity (Wildman–Crippen MR) is 76.3 cm³/mol. The summed E-state index contributed by atoms with van der Waals surface area (Å²) in [4.78, 5) is 0. The quantitative estimate of drug-likeness (QED) is 0.748. The van der Waals surface area contributed by atoms with Crippen molar-refractivity contribution in [3.05, 3.63) is 24.3 Å². The fraction of sp³-hybridized carbons (Fsp3) is 0.600. The number of hydrogen-bond acceptors (Lipinski definition) is 3. The van der Waals surface area contributed by atoms with E-state index < -0.39 is 0 Å². The number of ether oxygens (including phenoxy) is 3. The number of halogens is 1. The highest BCUT2D eigenvalue weighted by atomic mass is 35.5. The number of hydrogen-bond donors (Lipinski definition) is 0. The van der Waals surface area contributed by atoms with Gasteiger partial charge in [0.15, 0.2) is 11.5 Å². The lowest BCUT2D eigenvalue weighted by molar-refractivity contribution is 0.0153. The standard InChI is InChI=1S/C15H21ClO3/c1-17-13-4-2-3-5-14(13)19-11-8-15(12-16)6-9-18-10-7-15/h2-5H,6-12H2,1H3. The number of para-hydroxylation sites is 2. The topological polar surface area (TPSA) is 27.7 Å². The first-order valence-corrected chi connectivity index (χ1v) is 7.23. The van der Waals surface area contributed by atoms with Gasteiger partial charge in [-0.2, -0.15) is 0 Å². The van der Waals surface area contributed by atoms with Crippen molar-refractivity contribution >= 4 is 11.6 Å². The lowest BCUT2D eigenvalue weighted by Gasteiger charge is -2.35. The molecule has 0 atom stereocenters. The van der Waals surface area contributed by atoms with E-state index in [1.54, 1.807) is 7.11 Å². The summed E-state index contributed by atoms with van der Waals surface area (Å²) in [6, 6.07) is 7.71. The lowest BCUT2D eigenvalue weighted by atomic mass is 9.79. The van der Waals surface area contributed by atoms with E-state index in [-0.39, 0.29) is 5.41 Å². The fourth-order valence-corrected chi connectivity index (χ4v) is 2.77. The maximum Gasteiger partial charge on any atom is 0.161 e. The Balaban J connectivity index is 1.88. The van der Waals surface area contributed by atoms with Crippen molar-refractivity contribution in [1.82, 2.24) is 0 Å². The van der Waals surface area contributed by atoms with Crippen LogP contribution in [0.2, 0.25) is 0 Å². The third-order valence-corrected chi connectivity index (χ3v) is 4.36. The summed E-state index contributed by atoms with van der Waals surface area (Å²) >= 11 is 6.14. The van der Waals surface area contributed by atoms with Crippen LogP contribution in [0, 0.1) is 5.41 Å². The molecule has 0 aromatic heterocycles. The third-order valence-electron chi connectivity index (χ3n) is 3.80. The second-order valence-electron chi connectivity index (χ2n) is 5.00. The second kappa shape index (κ2) is 7.01. The molecule has 2 rings (SSSR count). The van der Waals surface area contributed by atoms with Gasteiger partial charge in [-0.15, -0.1) is 11.6 Å². The number of rotatable bonds is 6. The molecule has 1 saturated heterocycles. The Labute approximate surface area is 119 Å². The minimum absolute atomic E-state index is 0.168. The van der Waals surface area contributed by atoms with Crippen LogP contribution < -0.4 is 9.47 Å². The largest absolute Gasteiger partial charge is 0.493 e. The van der Waals surface area contributed by atoms with Crippen LogP contribution in [0.4, 0.5) is 0 Å². The average Bonchev–Trinajstić information content (AvgIpc) is 2.49. The molecule has 0 radical (unpaired) electrons. The second-order valence-corrected chi connectivity index (χ2v) is 5.26. The van der Waals surface area contributed by atoms with E-state index in [0.29, 0.717) is 12.5 Å². The molecular weight excluding hydrogens is 264 g/mol. The van der Waals surface area contributed by atoms with Gasteiger partial charge >= 0.3 is 0 Å². The summed E-state index contributed by atoms with van der Waals surface area (Å²) in [5.74, 6) is 2.24. The molecule has 0 aliphatic carbocycles. The zero-order valence-corrected chi connectivity index (χ0v) is 12.1. The van der Waals surface area contributed by atoms with Crippen molar-refractivity contribution < 1.29 is 14.2 Å². The van der Waals surface area contributed by atoms with E-state index in [1.807, 2.05) is 24.3 Å². The van der Waals surface area contributed by atoms with E-state index in [2.05, 4.69) is 0 Å². The Kier molecular flexibility index (Phi) is 5.34. The molecule has 0 amide bonds. The van der Waals surface area contributed by atoms with Gasteiger partial charge in [0, 0.05) is 19.1 Å². The highest BCUT2D eigenvalue weighted by molar-refractivity contribution is 6.18. The van der Waals surface area contributed by atoms with E-state index in [1.165, 1.54) is 0 Å². The van der Waals surface area contributed by atoms with Crippen molar-refractivity contribution in [2.75, 3.05) is 32.8 Å². The van der Waals surface area contributed by atoms with Crippen molar-refractivity contribution in [3.8, 4) is 11.5 Å². The zero-order chi connectivity index (χ0) is 13.6. The molecule has 0 unspecified atom stereocenters. The first-order valence-electron chi connectivity index (χ1n) is 6.69. The molecule has 1 fully saturated rings. The van der Waals surface area contributed by atoms with Crippen LogP contribution >= 0.6 is 11.6 Å². The zero-order valence-electron chi connectivity index (χ0n) is 11.4. The molecular formula is C15H21ClO3. The number of benzene rings is 1. The molecule has 1 aliphatic heterocycles. The van der Waals surface area contributed by atoms with Crippen molar-refractivity contribution in [3.63, 3.8) is 0 Å². The van der Waals surface area contributed by atoms with Crippen LogP contribution in [-0.2, 0) is 4.74 Å². The average molecular weight is 285 g/mol. The minimum atomic E-state index is 0.168. The van der Waals surface area contributed by atoms with Crippen LogP contribution in [0.3, 0.4) is 0 Å². The highest BCUT2D eigenvalue weighted by Crippen LogP contribution is 2.36. The van der Waals surface area contributed by atoms with Gasteiger partial charge in [0.2, 0.25) is 0 Å². The van der Waals surface area contributed by atoms with E-state index in [9.17, 15) is 0 Å². The van der Waals surface area contributed by atoms with Gasteiger partial charge in [-0.25, -0.2) is 0 Å². The van der Waals surface area contributed by atoms with Crippen LogP contribution in [0.5, 0.6) is 11.5 Å². The maximum atomic E-state index is 6.14. The predicted octanol–water partition coefficient (Wildman–Crippen LogP) is 3.50. The molecule has 0 N–H and O–H groups in total. The van der Waals surface area contributed by atoms with Gasteiger partial charge in [-0.1, -0.05) is 12.1 Å². The normalized spacial score (nSPS) is 18.0. The summed E-state index contributed by atoms with van der Waals surface area (Å²) in [6.45, 7) is 2.27. The molecule has 0 saturated carbocycles. The molecule has 1 aliphatic rings. The molecule has 3 nitrogen and oxygen atoms in total. The Morgan fingerprint density at radius 1 is 1.21 bits per heavy atom. The smallest absolute Gasteiger partial charge is 0.161 e. The Morgan fingerprint density at radius 2 is 1.89 bits per heavy atom. The SMILES string of the molecule is COc1ccccc1OCCC1(CCl)CCOCC1. The van der Waals surface area contributed by atoms with Crippen LogP contribution in [0.1, 0.15) is 19.3 Å². The van der Waals surface area contributed by atoms with E-state index >= 15 is 0 Å². The Morgan fingerprint density at radius 3 is 2.53 bits per heavy atom. The van der Waals surface area contributed by atoms with Gasteiger partial charge in [-0.3, -0.25) is 0 Å². The van der Waals surface area contributed by atoms with Gasteiger partial charge in [0.1, 0.15) is 0 Å². The van der Waals surface area contributed by atoms with Crippen molar-refractivity contribution in [1.29, 1.82) is 0 Å². The Hall–Kier alpha value is -0.930. The minimum Gasteiger partial charge on any atom is -0.493 e. The summed E-state index contributed by atoms with van der Waals surface area (Å²) in [5.41, 5.74) is 0.168. The lowest BCUT2D eigenvalue weighted by Crippen LogP contribution is -2.32. The fourth-order valence-electron chi connectivity index (χ4n) is 2.37. The molecule has 0 bridgehead atoms. The molecule has 4 heteroatoms. The van der Waals surface area contributed by atoms with E-state index in [0.717, 1.165) is 44.0 Å². The molecule has 1 aromatic carbocycles. The first-order chi connectivity index (χ1) is 9.29. The molecule has 19 heavy (non-hydrogen) atoms. The van der Waals surface area contributed by atoms with Gasteiger partial charge in [-0.05, 0) is 36.8 Å². The van der Waals surface area contributed by atoms with Gasteiger partial charge in [0.25, 0.3) is 0 Å². The molecule has 1 heterocycles. The van der Waals surface area contributed by atoms with Crippen molar-refractivity contribution in [2.24, 2.45) is 5.41 Å². The number of methoxy groups -OCH3 is 1. The van der Waals surface area contributed by atoms with Gasteiger partial charge in [0.05, 0.1) is 13.7 Å². The molecule has 0 spiro atoms. The summed E-state index contributed by atoms with van der Waals surface area (Å²) in [6.07, 6.45) is 3.00. The summed E-state index contributed by atoms with van der Waals surface area (Å²) in [7, 11) is 1.65. The monoisotopic (exact) mass is 284 g/mol. The maximum absolute atomic E-state index is 6.14. The third kappa shape index (κ3) is 3.77. The van der Waals surface area contributed by atoms with Crippen LogP contribution in [0.15, 0.2) is 24.3 Å². The summed E-state index contributed by atoms with van der Waals surface area (Å²) < 4.78 is 16.5. The molecule has 106 valence electrons. The van der Waals surface area contributed by atoms with Crippen molar-refractivity contribution in [2.45, 2.75) is 19.3 Å². The van der Waals surface area contributed by atoms with Gasteiger partial charge < -0.3 is 14.2 Å². The first kappa shape index (κ1) is 14.5. The Bertz CT molecular complexity index is 389. The molecule has 1 aromatic rings. The van der Waals surface area contributed by atoms with E-state index in [4.69, 9.17) is 25.8 Å².